The van der Waals surface area contributed by atoms with Gasteiger partial charge in [0.05, 0.1) is 26.2 Å². The van der Waals surface area contributed by atoms with Crippen LogP contribution in [0.4, 0.5) is 0 Å². The van der Waals surface area contributed by atoms with Gasteiger partial charge in [-0.3, -0.25) is 4.18 Å². The smallest absolute Gasteiger partial charge is 0.276 e. The molecular weight excluding hydrogens is 236 g/mol. The highest BCUT2D eigenvalue weighted by molar-refractivity contribution is 7.85. The van der Waals surface area contributed by atoms with Crippen LogP contribution in [0.15, 0.2) is 6.07 Å². The Bertz CT molecular complexity index is 459. The molecule has 0 amide bonds. The number of ether oxygens (including phenoxy) is 2. The minimum absolute atomic E-state index is 0.188. The third-order valence-corrected chi connectivity index (χ3v) is 2.16. The summed E-state index contributed by atoms with van der Waals surface area (Å²) in [5.74, 6) is 0.593. The van der Waals surface area contributed by atoms with E-state index in [0.717, 1.165) is 6.26 Å². The lowest BCUT2D eigenvalue weighted by atomic mass is 10.4. The Hall–Kier alpha value is -1.41. The van der Waals surface area contributed by atoms with Crippen molar-refractivity contribution in [3.8, 4) is 11.6 Å². The van der Waals surface area contributed by atoms with Gasteiger partial charge in [0, 0.05) is 6.07 Å². The Kier molecular flexibility index (Phi) is 4.02. The summed E-state index contributed by atoms with van der Waals surface area (Å²) in [4.78, 5) is 0. The maximum Gasteiger partial charge on any atom is 0.276 e. The van der Waals surface area contributed by atoms with Crippen molar-refractivity contribution in [2.45, 2.75) is 6.61 Å². The summed E-state index contributed by atoms with van der Waals surface area (Å²) in [5.41, 5.74) is 0.336. The molecule has 0 N–H and O–H groups in total. The fraction of sp³-hybridized carbons (Fsp3) is 0.500. The van der Waals surface area contributed by atoms with Gasteiger partial charge in [0.15, 0.2) is 5.75 Å². The van der Waals surface area contributed by atoms with Gasteiger partial charge in [-0.1, -0.05) is 0 Å². The summed E-state index contributed by atoms with van der Waals surface area (Å²) in [6.07, 6.45) is 0.960. The van der Waals surface area contributed by atoms with E-state index in [2.05, 4.69) is 14.4 Å². The van der Waals surface area contributed by atoms with Crippen molar-refractivity contribution in [3.63, 3.8) is 0 Å². The quantitative estimate of drug-likeness (QED) is 0.676. The van der Waals surface area contributed by atoms with Crippen LogP contribution in [0.3, 0.4) is 0 Å². The maximum absolute atomic E-state index is 10.8. The fourth-order valence-electron chi connectivity index (χ4n) is 0.926. The molecule has 0 saturated carbocycles. The molecule has 0 saturated heterocycles. The van der Waals surface area contributed by atoms with Crippen molar-refractivity contribution in [2.75, 3.05) is 20.5 Å². The van der Waals surface area contributed by atoms with Crippen LogP contribution in [0.25, 0.3) is 0 Å². The zero-order valence-electron chi connectivity index (χ0n) is 9.13. The Labute approximate surface area is 93.5 Å². The Morgan fingerprint density at radius 3 is 2.44 bits per heavy atom. The molecule has 0 unspecified atom stereocenters. The average molecular weight is 248 g/mol. The molecule has 1 heterocycles. The van der Waals surface area contributed by atoms with Gasteiger partial charge in [-0.25, -0.2) is 0 Å². The van der Waals surface area contributed by atoms with E-state index in [0.29, 0.717) is 11.4 Å². The van der Waals surface area contributed by atoms with E-state index >= 15 is 0 Å². The highest BCUT2D eigenvalue weighted by Crippen LogP contribution is 2.23. The van der Waals surface area contributed by atoms with Gasteiger partial charge >= 0.3 is 0 Å². The first-order valence-corrected chi connectivity index (χ1v) is 6.07. The fourth-order valence-corrected chi connectivity index (χ4v) is 1.26. The highest BCUT2D eigenvalue weighted by atomic mass is 32.2. The van der Waals surface area contributed by atoms with Gasteiger partial charge in [-0.2, -0.15) is 8.42 Å². The number of nitrogens with zero attached hydrogens (tertiary/aromatic N) is 2. The number of rotatable bonds is 5. The Morgan fingerprint density at radius 1 is 1.25 bits per heavy atom. The molecule has 90 valence electrons. The second-order valence-electron chi connectivity index (χ2n) is 2.88. The van der Waals surface area contributed by atoms with Gasteiger partial charge in [0.2, 0.25) is 0 Å². The normalized spacial score (nSPS) is 11.2. The van der Waals surface area contributed by atoms with E-state index in [9.17, 15) is 8.42 Å². The van der Waals surface area contributed by atoms with Crippen LogP contribution in [-0.2, 0) is 20.9 Å². The molecule has 0 radical (unpaired) electrons. The molecule has 7 nitrogen and oxygen atoms in total. The molecule has 8 heteroatoms. The third-order valence-electron chi connectivity index (χ3n) is 1.61. The molecule has 0 fully saturated rings. The summed E-state index contributed by atoms with van der Waals surface area (Å²) in [7, 11) is -0.622. The molecular formula is C8H12N2O5S. The van der Waals surface area contributed by atoms with Crippen LogP contribution in [0.2, 0.25) is 0 Å². The second kappa shape index (κ2) is 5.08. The van der Waals surface area contributed by atoms with Crippen LogP contribution < -0.4 is 9.47 Å². The van der Waals surface area contributed by atoms with Gasteiger partial charge in [0.1, 0.15) is 6.61 Å². The molecule has 0 atom stereocenters. The van der Waals surface area contributed by atoms with E-state index in [1.54, 1.807) is 0 Å². The molecule has 0 aliphatic rings. The average Bonchev–Trinajstić information content (AvgIpc) is 2.25. The number of hydrogen-bond donors (Lipinski definition) is 0. The molecule has 0 spiro atoms. The van der Waals surface area contributed by atoms with Crippen LogP contribution in [0.5, 0.6) is 11.6 Å². The first-order valence-electron chi connectivity index (χ1n) is 4.25. The summed E-state index contributed by atoms with van der Waals surface area (Å²) in [5, 5.41) is 7.41. The lowest BCUT2D eigenvalue weighted by Gasteiger charge is -2.06. The SMILES string of the molecule is COc1cc(COS(C)(=O)=O)nnc1OC. The van der Waals surface area contributed by atoms with Crippen molar-refractivity contribution < 1.29 is 22.1 Å². The van der Waals surface area contributed by atoms with Crippen molar-refractivity contribution in [1.82, 2.24) is 10.2 Å². The predicted molar refractivity (Wildman–Crippen MR) is 54.8 cm³/mol. The van der Waals surface area contributed by atoms with E-state index in [-0.39, 0.29) is 12.5 Å². The molecule has 1 rings (SSSR count). The van der Waals surface area contributed by atoms with E-state index in [1.807, 2.05) is 0 Å². The van der Waals surface area contributed by atoms with Crippen LogP contribution >= 0.6 is 0 Å². The number of aromatic nitrogens is 2. The Balaban J connectivity index is 2.83. The lowest BCUT2D eigenvalue weighted by Crippen LogP contribution is -2.05. The van der Waals surface area contributed by atoms with Crippen molar-refractivity contribution in [1.29, 1.82) is 0 Å². The molecule has 1 aromatic rings. The van der Waals surface area contributed by atoms with Crippen LogP contribution in [0.1, 0.15) is 5.69 Å². The minimum Gasteiger partial charge on any atom is -0.491 e. The first-order chi connectivity index (χ1) is 7.46. The van der Waals surface area contributed by atoms with Gasteiger partial charge in [-0.05, 0) is 0 Å². The van der Waals surface area contributed by atoms with Crippen molar-refractivity contribution in [2.24, 2.45) is 0 Å². The topological polar surface area (TPSA) is 87.6 Å². The zero-order chi connectivity index (χ0) is 12.2. The van der Waals surface area contributed by atoms with Crippen LogP contribution in [-0.4, -0.2) is 39.1 Å². The molecule has 0 aliphatic heterocycles. The van der Waals surface area contributed by atoms with Gasteiger partial charge in [0.25, 0.3) is 16.0 Å². The number of hydrogen-bond acceptors (Lipinski definition) is 7. The molecule has 0 aliphatic carbocycles. The zero-order valence-corrected chi connectivity index (χ0v) is 9.94. The first kappa shape index (κ1) is 12.7. The third kappa shape index (κ3) is 3.63. The standard InChI is InChI=1S/C8H12N2O5S/c1-13-7-4-6(5-15-16(3,11)12)9-10-8(7)14-2/h4H,5H2,1-3H3. The largest absolute Gasteiger partial charge is 0.491 e. The highest BCUT2D eigenvalue weighted by Gasteiger charge is 2.10. The summed E-state index contributed by atoms with van der Waals surface area (Å²) >= 11 is 0. The predicted octanol–water partition coefficient (Wildman–Crippen LogP) is -0.0300. The minimum atomic E-state index is -3.50. The molecule has 1 aromatic heterocycles. The second-order valence-corrected chi connectivity index (χ2v) is 4.52. The lowest BCUT2D eigenvalue weighted by molar-refractivity contribution is 0.298. The van der Waals surface area contributed by atoms with Crippen molar-refractivity contribution in [3.05, 3.63) is 11.8 Å². The summed E-state index contributed by atoms with van der Waals surface area (Å²) in [6.45, 7) is -0.188. The van der Waals surface area contributed by atoms with Gasteiger partial charge in [-0.15, -0.1) is 10.2 Å². The summed E-state index contributed by atoms with van der Waals surface area (Å²) < 4.78 is 35.9. The van der Waals surface area contributed by atoms with E-state index in [4.69, 9.17) is 9.47 Å². The maximum atomic E-state index is 10.8. The molecule has 16 heavy (non-hydrogen) atoms. The van der Waals surface area contributed by atoms with Crippen molar-refractivity contribution >= 4 is 10.1 Å². The van der Waals surface area contributed by atoms with E-state index in [1.165, 1.54) is 20.3 Å². The molecule has 0 bridgehead atoms. The van der Waals surface area contributed by atoms with Crippen LogP contribution in [0, 0.1) is 0 Å². The molecule has 0 aromatic carbocycles. The monoisotopic (exact) mass is 248 g/mol. The number of methoxy groups -OCH3 is 2. The Morgan fingerprint density at radius 2 is 1.94 bits per heavy atom. The van der Waals surface area contributed by atoms with E-state index < -0.39 is 10.1 Å². The summed E-state index contributed by atoms with van der Waals surface area (Å²) in [6, 6.07) is 1.50. The van der Waals surface area contributed by atoms with Gasteiger partial charge < -0.3 is 9.47 Å².